The van der Waals surface area contributed by atoms with E-state index in [0.717, 1.165) is 6.42 Å². The van der Waals surface area contributed by atoms with Crippen LogP contribution in [-0.2, 0) is 0 Å². The monoisotopic (exact) mass is 235 g/mol. The van der Waals surface area contributed by atoms with Crippen LogP contribution in [0.5, 0.6) is 0 Å². The first kappa shape index (κ1) is 16.5. The summed E-state index contributed by atoms with van der Waals surface area (Å²) in [5, 5.41) is 0. The molecule has 0 unspecified atom stereocenters. The normalized spacial score (nSPS) is 11.9. The first-order valence-electron chi connectivity index (χ1n) is 7.51. The summed E-state index contributed by atoms with van der Waals surface area (Å²) >= 11 is 0. The van der Waals surface area contributed by atoms with Crippen LogP contribution in [0.1, 0.15) is 77.6 Å². The van der Waals surface area contributed by atoms with Gasteiger partial charge in [-0.05, 0) is 38.5 Å². The van der Waals surface area contributed by atoms with Crippen molar-refractivity contribution in [3.05, 3.63) is 31.2 Å². The van der Waals surface area contributed by atoms with E-state index in [4.69, 9.17) is 0 Å². The van der Waals surface area contributed by atoms with Crippen molar-refractivity contribution in [3.8, 4) is 0 Å². The highest BCUT2D eigenvalue weighted by molar-refractivity contribution is 4.88. The Balaban J connectivity index is 3.11. The summed E-state index contributed by atoms with van der Waals surface area (Å²) < 4.78 is 0. The molecular formula is C17H31. The Morgan fingerprint density at radius 1 is 0.647 bits per heavy atom. The average molecular weight is 235 g/mol. The Labute approximate surface area is 109 Å². The summed E-state index contributed by atoms with van der Waals surface area (Å²) in [7, 11) is 0. The number of hydrogen-bond donors (Lipinski definition) is 0. The van der Waals surface area contributed by atoms with Crippen LogP contribution in [-0.4, -0.2) is 0 Å². The lowest BCUT2D eigenvalue weighted by molar-refractivity contribution is 0.637. The first-order chi connectivity index (χ1) is 8.41. The van der Waals surface area contributed by atoms with E-state index >= 15 is 0 Å². The number of hydrogen-bond acceptors (Lipinski definition) is 0. The van der Waals surface area contributed by atoms with Gasteiger partial charge in [0.05, 0.1) is 0 Å². The Hall–Kier alpha value is -0.520. The van der Waals surface area contributed by atoms with Gasteiger partial charge < -0.3 is 0 Å². The fourth-order valence-corrected chi connectivity index (χ4v) is 1.79. The minimum atomic E-state index is 1.06. The lowest BCUT2D eigenvalue weighted by atomic mass is 10.1. The van der Waals surface area contributed by atoms with Gasteiger partial charge in [0.2, 0.25) is 0 Å². The Morgan fingerprint density at radius 2 is 1.18 bits per heavy atom. The molecule has 0 heteroatoms. The first-order valence-corrected chi connectivity index (χ1v) is 7.51. The molecule has 0 N–H and O–H groups in total. The zero-order chi connectivity index (χ0) is 12.6. The quantitative estimate of drug-likeness (QED) is 0.277. The molecule has 99 valence electrons. The predicted octanol–water partition coefficient (Wildman–Crippen LogP) is 6.24. The van der Waals surface area contributed by atoms with Crippen LogP contribution < -0.4 is 0 Å². The minimum absolute atomic E-state index is 1.06. The number of rotatable bonds is 12. The van der Waals surface area contributed by atoms with Gasteiger partial charge in [-0.25, -0.2) is 0 Å². The van der Waals surface area contributed by atoms with Gasteiger partial charge in [-0.3, -0.25) is 0 Å². The second-order valence-electron chi connectivity index (χ2n) is 4.72. The highest BCUT2D eigenvalue weighted by Gasteiger charge is 1.86. The van der Waals surface area contributed by atoms with Gasteiger partial charge in [-0.1, -0.05) is 70.3 Å². The Bertz CT molecular complexity index is 176. The molecule has 0 bridgehead atoms. The van der Waals surface area contributed by atoms with E-state index in [-0.39, 0.29) is 0 Å². The van der Waals surface area contributed by atoms with Gasteiger partial charge in [0, 0.05) is 0 Å². The molecule has 0 atom stereocenters. The average Bonchev–Trinajstić information content (AvgIpc) is 2.35. The topological polar surface area (TPSA) is 0 Å². The van der Waals surface area contributed by atoms with E-state index in [9.17, 15) is 0 Å². The molecule has 0 rings (SSSR count). The van der Waals surface area contributed by atoms with Gasteiger partial charge in [-0.15, -0.1) is 0 Å². The minimum Gasteiger partial charge on any atom is -0.0885 e. The molecule has 0 aliphatic carbocycles. The maximum Gasteiger partial charge on any atom is -0.0316 e. The van der Waals surface area contributed by atoms with Crippen LogP contribution in [0.4, 0.5) is 0 Å². The molecule has 0 aromatic carbocycles. The third kappa shape index (κ3) is 15.5. The molecular weight excluding hydrogens is 204 g/mol. The van der Waals surface area contributed by atoms with Gasteiger partial charge in [0.15, 0.2) is 0 Å². The molecule has 0 aliphatic heterocycles. The third-order valence-electron chi connectivity index (χ3n) is 2.93. The van der Waals surface area contributed by atoms with Crippen LogP contribution in [0.15, 0.2) is 24.3 Å². The van der Waals surface area contributed by atoms with Gasteiger partial charge in [0.1, 0.15) is 0 Å². The smallest absolute Gasteiger partial charge is 0.0316 e. The summed E-state index contributed by atoms with van der Waals surface area (Å²) in [5.41, 5.74) is 0. The summed E-state index contributed by atoms with van der Waals surface area (Å²) in [6.45, 7) is 6.10. The Kier molecular flexibility index (Phi) is 15.0. The molecule has 0 saturated carbocycles. The van der Waals surface area contributed by atoms with Crippen molar-refractivity contribution in [2.24, 2.45) is 0 Å². The van der Waals surface area contributed by atoms with Crippen LogP contribution in [0.3, 0.4) is 0 Å². The fraction of sp³-hybridized carbons (Fsp3) is 0.706. The van der Waals surface area contributed by atoms with Crippen molar-refractivity contribution in [2.75, 3.05) is 0 Å². The van der Waals surface area contributed by atoms with E-state index in [1.54, 1.807) is 0 Å². The molecule has 0 saturated heterocycles. The molecule has 0 spiro atoms. The zero-order valence-corrected chi connectivity index (χ0v) is 11.8. The summed E-state index contributed by atoms with van der Waals surface area (Å²) in [5.74, 6) is 0. The largest absolute Gasteiger partial charge is 0.0885 e. The van der Waals surface area contributed by atoms with Crippen molar-refractivity contribution in [3.63, 3.8) is 0 Å². The molecule has 0 aromatic heterocycles. The van der Waals surface area contributed by atoms with Crippen molar-refractivity contribution >= 4 is 0 Å². The highest BCUT2D eigenvalue weighted by atomic mass is 13.9. The standard InChI is InChI=1S/C17H31/c1-3-5-7-9-11-13-15-17-16-14-12-10-8-6-4-2/h9,11,16-17H,1,3-8,10,12-15H2,2H3/b11-9+,17-16+. The fourth-order valence-electron chi connectivity index (χ4n) is 1.79. The summed E-state index contributed by atoms with van der Waals surface area (Å²) in [6, 6.07) is 0. The van der Waals surface area contributed by atoms with E-state index in [1.807, 2.05) is 0 Å². The Morgan fingerprint density at radius 3 is 1.76 bits per heavy atom. The molecule has 0 heterocycles. The maximum absolute atomic E-state index is 3.83. The molecule has 0 amide bonds. The molecule has 0 aliphatic rings. The van der Waals surface area contributed by atoms with E-state index < -0.39 is 0 Å². The molecule has 1 radical (unpaired) electrons. The zero-order valence-electron chi connectivity index (χ0n) is 11.8. The predicted molar refractivity (Wildman–Crippen MR) is 80.1 cm³/mol. The van der Waals surface area contributed by atoms with E-state index in [2.05, 4.69) is 38.2 Å². The lowest BCUT2D eigenvalue weighted by Crippen LogP contribution is -1.76. The SMILES string of the molecule is [CH2]CCC/C=C/CC/C=C/CCCCCCC. The van der Waals surface area contributed by atoms with Crippen molar-refractivity contribution in [2.45, 2.75) is 77.6 Å². The number of allylic oxidation sites excluding steroid dienone is 4. The van der Waals surface area contributed by atoms with Crippen LogP contribution in [0.25, 0.3) is 0 Å². The third-order valence-corrected chi connectivity index (χ3v) is 2.93. The summed E-state index contributed by atoms with van der Waals surface area (Å²) in [4.78, 5) is 0. The molecule has 0 aromatic rings. The van der Waals surface area contributed by atoms with Crippen LogP contribution >= 0.6 is 0 Å². The second-order valence-corrected chi connectivity index (χ2v) is 4.72. The lowest BCUT2D eigenvalue weighted by Gasteiger charge is -1.96. The molecule has 0 fully saturated rings. The van der Waals surface area contributed by atoms with E-state index in [0.29, 0.717) is 0 Å². The van der Waals surface area contributed by atoms with Crippen LogP contribution in [0.2, 0.25) is 0 Å². The van der Waals surface area contributed by atoms with Gasteiger partial charge in [0.25, 0.3) is 0 Å². The molecule has 0 nitrogen and oxygen atoms in total. The van der Waals surface area contributed by atoms with E-state index in [1.165, 1.54) is 64.2 Å². The molecule has 17 heavy (non-hydrogen) atoms. The highest BCUT2D eigenvalue weighted by Crippen LogP contribution is 2.06. The van der Waals surface area contributed by atoms with Crippen molar-refractivity contribution in [1.82, 2.24) is 0 Å². The maximum atomic E-state index is 3.83. The number of unbranched alkanes of at least 4 members (excludes halogenated alkanes) is 8. The van der Waals surface area contributed by atoms with Gasteiger partial charge >= 0.3 is 0 Å². The van der Waals surface area contributed by atoms with Crippen LogP contribution in [0, 0.1) is 6.92 Å². The van der Waals surface area contributed by atoms with Crippen molar-refractivity contribution in [1.29, 1.82) is 0 Å². The summed E-state index contributed by atoms with van der Waals surface area (Å²) in [6.07, 6.45) is 23.4. The van der Waals surface area contributed by atoms with Gasteiger partial charge in [-0.2, -0.15) is 0 Å². The second kappa shape index (κ2) is 15.5. The van der Waals surface area contributed by atoms with Crippen molar-refractivity contribution < 1.29 is 0 Å².